The summed E-state index contributed by atoms with van der Waals surface area (Å²) >= 11 is 0. The van der Waals surface area contributed by atoms with E-state index in [2.05, 4.69) is 0 Å². The number of hydrogen-bond donors (Lipinski definition) is 1. The van der Waals surface area contributed by atoms with E-state index in [-0.39, 0.29) is 11.8 Å². The van der Waals surface area contributed by atoms with Crippen molar-refractivity contribution in [1.29, 1.82) is 0 Å². The first kappa shape index (κ1) is 7.99. The first-order chi connectivity index (χ1) is 5.18. The third kappa shape index (κ3) is 2.54. The van der Waals surface area contributed by atoms with Crippen LogP contribution in [0, 0.1) is 0 Å². The molecule has 56 valence electrons. The standard InChI is InChI=1S/C8H9BO2/c1-6(9)11-8-4-2-3-7(10)5-8/h2-6,10H,1H3. The lowest BCUT2D eigenvalue weighted by Crippen LogP contribution is -2.10. The van der Waals surface area contributed by atoms with Gasteiger partial charge >= 0.3 is 0 Å². The molecule has 3 heteroatoms. The summed E-state index contributed by atoms with van der Waals surface area (Å²) in [6.45, 7) is 1.73. The second-order valence-corrected chi connectivity index (χ2v) is 2.32. The van der Waals surface area contributed by atoms with E-state index in [1.165, 1.54) is 6.07 Å². The maximum atomic E-state index is 9.01. The zero-order valence-electron chi connectivity index (χ0n) is 6.32. The van der Waals surface area contributed by atoms with Crippen LogP contribution in [0.3, 0.4) is 0 Å². The zero-order chi connectivity index (χ0) is 8.27. The number of hydrogen-bond acceptors (Lipinski definition) is 2. The van der Waals surface area contributed by atoms with Crippen molar-refractivity contribution in [2.45, 2.75) is 12.9 Å². The van der Waals surface area contributed by atoms with Gasteiger partial charge < -0.3 is 9.84 Å². The Hall–Kier alpha value is -1.12. The van der Waals surface area contributed by atoms with Gasteiger partial charge in [-0.3, -0.25) is 0 Å². The molecule has 1 atom stereocenters. The van der Waals surface area contributed by atoms with Crippen molar-refractivity contribution < 1.29 is 9.84 Å². The summed E-state index contributed by atoms with van der Waals surface area (Å²) in [6.07, 6.45) is 0. The van der Waals surface area contributed by atoms with Crippen LogP contribution >= 0.6 is 0 Å². The molecule has 0 saturated carbocycles. The smallest absolute Gasteiger partial charge is 0.126 e. The van der Waals surface area contributed by atoms with E-state index in [4.69, 9.17) is 17.7 Å². The third-order valence-electron chi connectivity index (χ3n) is 1.14. The Bertz CT molecular complexity index is 235. The van der Waals surface area contributed by atoms with Gasteiger partial charge in [0, 0.05) is 6.07 Å². The van der Waals surface area contributed by atoms with E-state index < -0.39 is 0 Å². The number of phenolic OH excluding ortho intramolecular Hbond substituents is 1. The van der Waals surface area contributed by atoms with E-state index in [0.29, 0.717) is 5.75 Å². The van der Waals surface area contributed by atoms with Gasteiger partial charge in [0.1, 0.15) is 19.3 Å². The number of ether oxygens (including phenoxy) is 1. The molecule has 0 heterocycles. The van der Waals surface area contributed by atoms with Crippen molar-refractivity contribution in [2.75, 3.05) is 0 Å². The minimum absolute atomic E-state index is 0.183. The fourth-order valence-electron chi connectivity index (χ4n) is 0.771. The van der Waals surface area contributed by atoms with Gasteiger partial charge in [-0.1, -0.05) is 6.07 Å². The van der Waals surface area contributed by atoms with E-state index in [1.807, 2.05) is 0 Å². The Morgan fingerprint density at radius 2 is 2.27 bits per heavy atom. The van der Waals surface area contributed by atoms with Gasteiger partial charge in [-0.2, -0.15) is 0 Å². The molecule has 11 heavy (non-hydrogen) atoms. The SMILES string of the molecule is [B]C(C)Oc1cccc(O)c1. The van der Waals surface area contributed by atoms with E-state index in [9.17, 15) is 0 Å². The minimum atomic E-state index is -0.350. The van der Waals surface area contributed by atoms with Gasteiger partial charge in [0.25, 0.3) is 0 Å². The van der Waals surface area contributed by atoms with Gasteiger partial charge in [0.2, 0.25) is 0 Å². The summed E-state index contributed by atoms with van der Waals surface area (Å²) in [5, 5.41) is 9.01. The van der Waals surface area contributed by atoms with E-state index >= 15 is 0 Å². The minimum Gasteiger partial charge on any atom is -0.508 e. The van der Waals surface area contributed by atoms with Crippen LogP contribution in [0.1, 0.15) is 6.92 Å². The monoisotopic (exact) mass is 148 g/mol. The first-order valence-electron chi connectivity index (χ1n) is 3.40. The van der Waals surface area contributed by atoms with Crippen molar-refractivity contribution in [3.8, 4) is 11.5 Å². The highest BCUT2D eigenvalue weighted by Gasteiger charge is 1.96. The van der Waals surface area contributed by atoms with Crippen LogP contribution in [0.4, 0.5) is 0 Å². The molecule has 0 spiro atoms. The molecule has 0 amide bonds. The van der Waals surface area contributed by atoms with Crippen molar-refractivity contribution in [3.05, 3.63) is 24.3 Å². The summed E-state index contributed by atoms with van der Waals surface area (Å²) in [7, 11) is 5.37. The summed E-state index contributed by atoms with van der Waals surface area (Å²) in [6, 6.07) is 6.19. The molecule has 0 aliphatic rings. The van der Waals surface area contributed by atoms with Crippen molar-refractivity contribution in [1.82, 2.24) is 0 Å². The zero-order valence-corrected chi connectivity index (χ0v) is 6.32. The maximum absolute atomic E-state index is 9.01. The third-order valence-corrected chi connectivity index (χ3v) is 1.14. The molecule has 0 aliphatic heterocycles. The van der Waals surface area contributed by atoms with Gasteiger partial charge in [0.05, 0.1) is 6.00 Å². The molecule has 1 rings (SSSR count). The molecule has 1 N–H and O–H groups in total. The molecule has 1 aromatic carbocycles. The normalized spacial score (nSPS) is 12.5. The Labute approximate surface area is 67.2 Å². The molecule has 0 fully saturated rings. The van der Waals surface area contributed by atoms with Gasteiger partial charge in [-0.25, -0.2) is 0 Å². The molecular formula is C8H9BO2. The van der Waals surface area contributed by atoms with Gasteiger partial charge in [-0.15, -0.1) is 0 Å². The van der Waals surface area contributed by atoms with Gasteiger partial charge in [-0.05, 0) is 19.1 Å². The van der Waals surface area contributed by atoms with Crippen LogP contribution in [-0.4, -0.2) is 19.0 Å². The van der Waals surface area contributed by atoms with Crippen LogP contribution in [0.2, 0.25) is 0 Å². The second-order valence-electron chi connectivity index (χ2n) is 2.32. The van der Waals surface area contributed by atoms with E-state index in [0.717, 1.165) is 0 Å². The first-order valence-corrected chi connectivity index (χ1v) is 3.40. The van der Waals surface area contributed by atoms with Crippen molar-refractivity contribution >= 4 is 7.85 Å². The molecular weight excluding hydrogens is 139 g/mol. The highest BCUT2D eigenvalue weighted by Crippen LogP contribution is 2.17. The van der Waals surface area contributed by atoms with Crippen LogP contribution in [0.25, 0.3) is 0 Å². The van der Waals surface area contributed by atoms with Crippen molar-refractivity contribution in [2.24, 2.45) is 0 Å². The predicted molar refractivity (Wildman–Crippen MR) is 44.0 cm³/mol. The van der Waals surface area contributed by atoms with Gasteiger partial charge in [0.15, 0.2) is 0 Å². The average Bonchev–Trinajstić information content (AvgIpc) is 1.85. The number of aromatic hydroxyl groups is 1. The molecule has 2 radical (unpaired) electrons. The lowest BCUT2D eigenvalue weighted by atomic mass is 10.0. The lowest BCUT2D eigenvalue weighted by molar-refractivity contribution is 0.299. The fourth-order valence-corrected chi connectivity index (χ4v) is 0.771. The number of benzene rings is 1. The quantitative estimate of drug-likeness (QED) is 0.640. The molecule has 0 saturated heterocycles. The Morgan fingerprint density at radius 1 is 1.55 bits per heavy atom. The summed E-state index contributed by atoms with van der Waals surface area (Å²) in [4.78, 5) is 0. The van der Waals surface area contributed by atoms with Crippen molar-refractivity contribution in [3.63, 3.8) is 0 Å². The lowest BCUT2D eigenvalue weighted by Gasteiger charge is -2.09. The molecule has 1 aromatic rings. The number of phenols is 1. The summed E-state index contributed by atoms with van der Waals surface area (Å²) in [5.41, 5.74) is 0. The molecule has 0 aromatic heterocycles. The Morgan fingerprint density at radius 3 is 2.82 bits per heavy atom. The summed E-state index contributed by atoms with van der Waals surface area (Å²) in [5.74, 6) is 0.767. The summed E-state index contributed by atoms with van der Waals surface area (Å²) < 4.78 is 5.11. The fraction of sp³-hybridized carbons (Fsp3) is 0.250. The van der Waals surface area contributed by atoms with Crippen LogP contribution < -0.4 is 4.74 Å². The Kier molecular flexibility index (Phi) is 2.42. The maximum Gasteiger partial charge on any atom is 0.126 e. The molecule has 0 aliphatic carbocycles. The average molecular weight is 148 g/mol. The highest BCUT2D eigenvalue weighted by molar-refractivity contribution is 6.10. The second kappa shape index (κ2) is 3.33. The topological polar surface area (TPSA) is 29.5 Å². The molecule has 1 unspecified atom stereocenters. The van der Waals surface area contributed by atoms with Crippen LogP contribution in [0.5, 0.6) is 11.5 Å². The predicted octanol–water partition coefficient (Wildman–Crippen LogP) is 1.29. The molecule has 0 bridgehead atoms. The number of rotatable bonds is 2. The Balaban J connectivity index is 2.71. The van der Waals surface area contributed by atoms with E-state index in [1.54, 1.807) is 25.1 Å². The highest BCUT2D eigenvalue weighted by atomic mass is 16.5. The largest absolute Gasteiger partial charge is 0.508 e. The van der Waals surface area contributed by atoms with Crippen LogP contribution in [-0.2, 0) is 0 Å². The molecule has 2 nitrogen and oxygen atoms in total. The van der Waals surface area contributed by atoms with Crippen LogP contribution in [0.15, 0.2) is 24.3 Å².